The highest BCUT2D eigenvalue weighted by Gasteiger charge is 1.95. The second-order valence-electron chi connectivity index (χ2n) is 2.63. The molecule has 2 rings (SSSR count). The predicted molar refractivity (Wildman–Crippen MR) is 50.9 cm³/mol. The van der Waals surface area contributed by atoms with Crippen LogP contribution in [0.3, 0.4) is 0 Å². The van der Waals surface area contributed by atoms with Crippen molar-refractivity contribution >= 4 is 5.69 Å². The molecular weight excluding hydrogens is 164 g/mol. The Morgan fingerprint density at radius 2 is 2.31 bits per heavy atom. The molecule has 66 valence electrons. The van der Waals surface area contributed by atoms with E-state index in [9.17, 15) is 0 Å². The first-order chi connectivity index (χ1) is 6.40. The van der Waals surface area contributed by atoms with Gasteiger partial charge in [-0.25, -0.2) is 9.97 Å². The number of pyridine rings is 1. The average Bonchev–Trinajstić information content (AvgIpc) is 2.71. The van der Waals surface area contributed by atoms with Crippen LogP contribution in [0.15, 0.2) is 37.1 Å². The van der Waals surface area contributed by atoms with E-state index in [1.54, 1.807) is 18.7 Å². The third-order valence-electron chi connectivity index (χ3n) is 1.81. The minimum absolute atomic E-state index is 0.872. The minimum Gasteiger partial charge on any atom is -0.387 e. The second-order valence-corrected chi connectivity index (χ2v) is 2.63. The molecule has 0 spiro atoms. The predicted octanol–water partition coefficient (Wildman–Crippen LogP) is 1.31. The molecule has 0 radical (unpaired) electrons. The van der Waals surface area contributed by atoms with Gasteiger partial charge in [-0.15, -0.1) is 0 Å². The largest absolute Gasteiger partial charge is 0.387 e. The van der Waals surface area contributed by atoms with Crippen molar-refractivity contribution in [2.75, 3.05) is 12.4 Å². The lowest BCUT2D eigenvalue weighted by Crippen LogP contribution is -1.95. The lowest BCUT2D eigenvalue weighted by Gasteiger charge is -2.02. The molecule has 0 aliphatic carbocycles. The van der Waals surface area contributed by atoms with Crippen LogP contribution < -0.4 is 5.32 Å². The summed E-state index contributed by atoms with van der Waals surface area (Å²) in [5.74, 6) is 0.872. The molecular formula is C9H10N4. The molecule has 1 N–H and O–H groups in total. The zero-order valence-electron chi connectivity index (χ0n) is 7.31. The maximum absolute atomic E-state index is 4.25. The Bertz CT molecular complexity index is 363. The molecule has 0 saturated carbocycles. The van der Waals surface area contributed by atoms with Crippen molar-refractivity contribution in [2.24, 2.45) is 0 Å². The SMILES string of the molecule is CNc1ccc(-n2ccnc2)nc1. The maximum Gasteiger partial charge on any atom is 0.137 e. The summed E-state index contributed by atoms with van der Waals surface area (Å²) in [4.78, 5) is 8.20. The van der Waals surface area contributed by atoms with E-state index in [-0.39, 0.29) is 0 Å². The van der Waals surface area contributed by atoms with Crippen LogP contribution in [0.5, 0.6) is 0 Å². The summed E-state index contributed by atoms with van der Waals surface area (Å²) in [5, 5.41) is 3.01. The molecule has 2 heterocycles. The number of nitrogens with one attached hydrogen (secondary N) is 1. The van der Waals surface area contributed by atoms with Crippen molar-refractivity contribution in [2.45, 2.75) is 0 Å². The lowest BCUT2D eigenvalue weighted by atomic mass is 10.4. The van der Waals surface area contributed by atoms with Gasteiger partial charge in [0.05, 0.1) is 11.9 Å². The standard InChI is InChI=1S/C9H10N4/c1-10-8-2-3-9(12-6-8)13-5-4-11-7-13/h2-7,10H,1H3. The van der Waals surface area contributed by atoms with E-state index < -0.39 is 0 Å². The first-order valence-electron chi connectivity index (χ1n) is 4.02. The monoisotopic (exact) mass is 174 g/mol. The number of aromatic nitrogens is 3. The van der Waals surface area contributed by atoms with Crippen molar-refractivity contribution in [1.29, 1.82) is 0 Å². The first kappa shape index (κ1) is 7.79. The van der Waals surface area contributed by atoms with E-state index in [1.807, 2.05) is 29.9 Å². The van der Waals surface area contributed by atoms with Gasteiger partial charge >= 0.3 is 0 Å². The molecule has 2 aromatic rings. The Kier molecular flexibility index (Phi) is 1.96. The van der Waals surface area contributed by atoms with E-state index in [0.717, 1.165) is 11.5 Å². The average molecular weight is 174 g/mol. The van der Waals surface area contributed by atoms with Gasteiger partial charge in [0.25, 0.3) is 0 Å². The van der Waals surface area contributed by atoms with Gasteiger partial charge in [-0.3, -0.25) is 4.57 Å². The molecule has 0 atom stereocenters. The van der Waals surface area contributed by atoms with Crippen LogP contribution in [-0.4, -0.2) is 21.6 Å². The quantitative estimate of drug-likeness (QED) is 0.746. The smallest absolute Gasteiger partial charge is 0.137 e. The number of hydrogen-bond acceptors (Lipinski definition) is 3. The van der Waals surface area contributed by atoms with Crippen LogP contribution in [0.4, 0.5) is 5.69 Å². The highest BCUT2D eigenvalue weighted by molar-refractivity contribution is 5.42. The van der Waals surface area contributed by atoms with Crippen molar-refractivity contribution in [3.63, 3.8) is 0 Å². The van der Waals surface area contributed by atoms with Crippen LogP contribution in [0, 0.1) is 0 Å². The third-order valence-corrected chi connectivity index (χ3v) is 1.81. The normalized spacial score (nSPS) is 9.92. The fourth-order valence-corrected chi connectivity index (χ4v) is 1.08. The van der Waals surface area contributed by atoms with Crippen molar-refractivity contribution in [3.8, 4) is 5.82 Å². The summed E-state index contributed by atoms with van der Waals surface area (Å²) in [6, 6.07) is 3.91. The van der Waals surface area contributed by atoms with E-state index in [1.165, 1.54) is 0 Å². The van der Waals surface area contributed by atoms with Crippen LogP contribution >= 0.6 is 0 Å². The molecule has 0 unspecified atom stereocenters. The van der Waals surface area contributed by atoms with Gasteiger partial charge in [0.1, 0.15) is 12.1 Å². The third kappa shape index (κ3) is 1.51. The lowest BCUT2D eigenvalue weighted by molar-refractivity contribution is 0.993. The zero-order chi connectivity index (χ0) is 9.10. The van der Waals surface area contributed by atoms with E-state index in [4.69, 9.17) is 0 Å². The molecule has 0 amide bonds. The van der Waals surface area contributed by atoms with Crippen molar-refractivity contribution in [3.05, 3.63) is 37.1 Å². The molecule has 4 heteroatoms. The van der Waals surface area contributed by atoms with E-state index in [2.05, 4.69) is 15.3 Å². The fourth-order valence-electron chi connectivity index (χ4n) is 1.08. The van der Waals surface area contributed by atoms with Gasteiger partial charge in [0, 0.05) is 19.4 Å². The molecule has 0 fully saturated rings. The van der Waals surface area contributed by atoms with Gasteiger partial charge in [0.15, 0.2) is 0 Å². The summed E-state index contributed by atoms with van der Waals surface area (Å²) in [6.07, 6.45) is 7.10. The number of imidazole rings is 1. The minimum atomic E-state index is 0.872. The molecule has 0 aliphatic rings. The number of rotatable bonds is 2. The van der Waals surface area contributed by atoms with E-state index >= 15 is 0 Å². The van der Waals surface area contributed by atoms with Gasteiger partial charge in [0.2, 0.25) is 0 Å². The Balaban J connectivity index is 2.33. The van der Waals surface area contributed by atoms with E-state index in [0.29, 0.717) is 0 Å². The van der Waals surface area contributed by atoms with Gasteiger partial charge in [-0.2, -0.15) is 0 Å². The fraction of sp³-hybridized carbons (Fsp3) is 0.111. The molecule has 2 aromatic heterocycles. The molecule has 0 saturated heterocycles. The second kappa shape index (κ2) is 3.26. The van der Waals surface area contributed by atoms with Gasteiger partial charge in [-0.1, -0.05) is 0 Å². The van der Waals surface area contributed by atoms with Crippen molar-refractivity contribution in [1.82, 2.24) is 14.5 Å². The van der Waals surface area contributed by atoms with Crippen LogP contribution in [-0.2, 0) is 0 Å². The first-order valence-corrected chi connectivity index (χ1v) is 4.02. The van der Waals surface area contributed by atoms with Crippen molar-refractivity contribution < 1.29 is 0 Å². The highest BCUT2D eigenvalue weighted by Crippen LogP contribution is 2.07. The van der Waals surface area contributed by atoms with Gasteiger partial charge < -0.3 is 5.32 Å². The molecule has 0 aliphatic heterocycles. The number of hydrogen-bond donors (Lipinski definition) is 1. The Hall–Kier alpha value is -1.84. The Morgan fingerprint density at radius 1 is 1.38 bits per heavy atom. The summed E-state index contributed by atoms with van der Waals surface area (Å²) in [7, 11) is 1.87. The molecule has 0 aromatic carbocycles. The summed E-state index contributed by atoms with van der Waals surface area (Å²) >= 11 is 0. The van der Waals surface area contributed by atoms with Gasteiger partial charge in [-0.05, 0) is 12.1 Å². The number of anilines is 1. The Labute approximate surface area is 76.3 Å². The van der Waals surface area contributed by atoms with Crippen LogP contribution in [0.1, 0.15) is 0 Å². The molecule has 13 heavy (non-hydrogen) atoms. The number of nitrogens with zero attached hydrogens (tertiary/aromatic N) is 3. The summed E-state index contributed by atoms with van der Waals surface area (Å²) in [6.45, 7) is 0. The zero-order valence-corrected chi connectivity index (χ0v) is 7.31. The maximum atomic E-state index is 4.25. The summed E-state index contributed by atoms with van der Waals surface area (Å²) in [5.41, 5.74) is 1.00. The highest BCUT2D eigenvalue weighted by atomic mass is 15.1. The topological polar surface area (TPSA) is 42.7 Å². The van der Waals surface area contributed by atoms with Crippen LogP contribution in [0.2, 0.25) is 0 Å². The molecule has 4 nitrogen and oxygen atoms in total. The summed E-state index contributed by atoms with van der Waals surface area (Å²) < 4.78 is 1.86. The Morgan fingerprint density at radius 3 is 2.85 bits per heavy atom. The molecule has 0 bridgehead atoms. The van der Waals surface area contributed by atoms with Crippen LogP contribution in [0.25, 0.3) is 5.82 Å².